The lowest BCUT2D eigenvalue weighted by molar-refractivity contribution is 0.312. The fourth-order valence-electron chi connectivity index (χ4n) is 2.05. The van der Waals surface area contributed by atoms with Gasteiger partial charge in [0.2, 0.25) is 5.82 Å². The molecule has 0 saturated heterocycles. The Bertz CT molecular complexity index is 505. The van der Waals surface area contributed by atoms with Crippen molar-refractivity contribution < 1.29 is 4.39 Å². The van der Waals surface area contributed by atoms with Gasteiger partial charge in [-0.15, -0.1) is 0 Å². The van der Waals surface area contributed by atoms with Crippen LogP contribution in [0.5, 0.6) is 0 Å². The van der Waals surface area contributed by atoms with Gasteiger partial charge in [0.15, 0.2) is 5.15 Å². The zero-order valence-electron chi connectivity index (χ0n) is 10.1. The average molecular weight is 263 g/mol. The SMILES string of the molecule is CCC(CC)C(C)n1c(=O)[nH]c(Cl)c(F)c1=O. The van der Waals surface area contributed by atoms with Gasteiger partial charge in [-0.1, -0.05) is 38.3 Å². The summed E-state index contributed by atoms with van der Waals surface area (Å²) in [6.07, 6.45) is 1.63. The molecule has 1 aromatic rings. The molecule has 1 atom stereocenters. The van der Waals surface area contributed by atoms with Crippen LogP contribution in [-0.4, -0.2) is 9.55 Å². The van der Waals surface area contributed by atoms with Crippen molar-refractivity contribution in [2.45, 2.75) is 39.7 Å². The Morgan fingerprint density at radius 2 is 1.88 bits per heavy atom. The Balaban J connectivity index is 3.37. The molecule has 96 valence electrons. The van der Waals surface area contributed by atoms with Crippen molar-refractivity contribution >= 4 is 11.6 Å². The molecule has 1 heterocycles. The van der Waals surface area contributed by atoms with Gasteiger partial charge in [0.05, 0.1) is 0 Å². The van der Waals surface area contributed by atoms with Crippen molar-refractivity contribution in [2.75, 3.05) is 0 Å². The van der Waals surface area contributed by atoms with E-state index in [4.69, 9.17) is 11.6 Å². The molecule has 6 heteroatoms. The predicted molar refractivity (Wildman–Crippen MR) is 65.1 cm³/mol. The molecule has 0 aliphatic carbocycles. The third-order valence-electron chi connectivity index (χ3n) is 3.17. The fraction of sp³-hybridized carbons (Fsp3) is 0.636. The maximum Gasteiger partial charge on any atom is 0.329 e. The highest BCUT2D eigenvalue weighted by atomic mass is 35.5. The quantitative estimate of drug-likeness (QED) is 0.847. The van der Waals surface area contributed by atoms with Gasteiger partial charge in [-0.25, -0.2) is 4.79 Å². The number of halogens is 2. The van der Waals surface area contributed by atoms with Crippen LogP contribution in [0.25, 0.3) is 0 Å². The van der Waals surface area contributed by atoms with Crippen LogP contribution in [0.2, 0.25) is 5.15 Å². The summed E-state index contributed by atoms with van der Waals surface area (Å²) in [5.41, 5.74) is -1.63. The number of aromatic amines is 1. The molecule has 0 spiro atoms. The van der Waals surface area contributed by atoms with E-state index < -0.39 is 22.2 Å². The van der Waals surface area contributed by atoms with Crippen LogP contribution in [0.15, 0.2) is 9.59 Å². The van der Waals surface area contributed by atoms with Gasteiger partial charge < -0.3 is 0 Å². The minimum atomic E-state index is -1.11. The van der Waals surface area contributed by atoms with Crippen LogP contribution in [-0.2, 0) is 0 Å². The second kappa shape index (κ2) is 5.49. The van der Waals surface area contributed by atoms with Gasteiger partial charge in [-0.05, 0) is 12.8 Å². The first-order valence-corrected chi connectivity index (χ1v) is 6.01. The van der Waals surface area contributed by atoms with Gasteiger partial charge in [-0.3, -0.25) is 14.3 Å². The molecule has 0 aromatic carbocycles. The van der Waals surface area contributed by atoms with Crippen molar-refractivity contribution in [3.8, 4) is 0 Å². The number of nitrogens with zero attached hydrogens (tertiary/aromatic N) is 1. The maximum atomic E-state index is 13.4. The topological polar surface area (TPSA) is 54.9 Å². The van der Waals surface area contributed by atoms with E-state index in [-0.39, 0.29) is 12.0 Å². The summed E-state index contributed by atoms with van der Waals surface area (Å²) in [4.78, 5) is 25.4. The van der Waals surface area contributed by atoms with E-state index in [0.717, 1.165) is 17.4 Å². The van der Waals surface area contributed by atoms with E-state index in [1.807, 2.05) is 13.8 Å². The zero-order chi connectivity index (χ0) is 13.2. The third-order valence-corrected chi connectivity index (χ3v) is 3.43. The highest BCUT2D eigenvalue weighted by molar-refractivity contribution is 6.29. The molecule has 0 saturated carbocycles. The minimum absolute atomic E-state index is 0.148. The van der Waals surface area contributed by atoms with Crippen LogP contribution in [0, 0.1) is 11.7 Å². The fourth-order valence-corrected chi connectivity index (χ4v) is 2.21. The van der Waals surface area contributed by atoms with Crippen molar-refractivity contribution in [2.24, 2.45) is 5.92 Å². The second-order valence-electron chi connectivity index (χ2n) is 4.05. The molecule has 1 aromatic heterocycles. The van der Waals surface area contributed by atoms with Crippen molar-refractivity contribution in [1.82, 2.24) is 9.55 Å². The van der Waals surface area contributed by atoms with Gasteiger partial charge in [0, 0.05) is 6.04 Å². The Kier molecular flexibility index (Phi) is 4.51. The maximum absolute atomic E-state index is 13.4. The normalized spacial score (nSPS) is 13.1. The van der Waals surface area contributed by atoms with E-state index in [1.54, 1.807) is 6.92 Å². The van der Waals surface area contributed by atoms with Crippen LogP contribution in [0.4, 0.5) is 4.39 Å². The van der Waals surface area contributed by atoms with Crippen molar-refractivity contribution in [1.29, 1.82) is 0 Å². The molecule has 0 radical (unpaired) electrons. The number of rotatable bonds is 4. The Hall–Kier alpha value is -1.10. The summed E-state index contributed by atoms with van der Waals surface area (Å²) >= 11 is 5.40. The molecule has 0 fully saturated rings. The zero-order valence-corrected chi connectivity index (χ0v) is 10.8. The average Bonchev–Trinajstić information content (AvgIpc) is 2.28. The highest BCUT2D eigenvalue weighted by Gasteiger charge is 2.21. The van der Waals surface area contributed by atoms with Crippen molar-refractivity contribution in [3.63, 3.8) is 0 Å². The van der Waals surface area contributed by atoms with E-state index >= 15 is 0 Å². The lowest BCUT2D eigenvalue weighted by Gasteiger charge is -2.22. The number of hydrogen-bond acceptors (Lipinski definition) is 2. The highest BCUT2D eigenvalue weighted by Crippen LogP contribution is 2.21. The molecule has 1 rings (SSSR count). The molecular formula is C11H16ClFN2O2. The summed E-state index contributed by atoms with van der Waals surface area (Å²) in [5, 5.41) is -0.534. The Morgan fingerprint density at radius 1 is 1.35 bits per heavy atom. The monoisotopic (exact) mass is 262 g/mol. The van der Waals surface area contributed by atoms with Gasteiger partial charge in [0.1, 0.15) is 0 Å². The van der Waals surface area contributed by atoms with Crippen LogP contribution >= 0.6 is 11.6 Å². The Labute approximate surface area is 103 Å². The van der Waals surface area contributed by atoms with E-state index in [0.29, 0.717) is 0 Å². The summed E-state index contributed by atoms with van der Waals surface area (Å²) in [7, 11) is 0. The standard InChI is InChI=1S/C11H16ClFN2O2/c1-4-7(5-2)6(3)15-10(16)8(13)9(12)14-11(15)17/h6-7H,4-5H2,1-3H3,(H,14,17). The molecular weight excluding hydrogens is 247 g/mol. The molecule has 0 aliphatic rings. The van der Waals surface area contributed by atoms with Crippen LogP contribution in [0.3, 0.4) is 0 Å². The number of hydrogen-bond donors (Lipinski definition) is 1. The second-order valence-corrected chi connectivity index (χ2v) is 4.43. The van der Waals surface area contributed by atoms with Crippen molar-refractivity contribution in [3.05, 3.63) is 31.8 Å². The molecule has 4 nitrogen and oxygen atoms in total. The van der Waals surface area contributed by atoms with E-state index in [1.165, 1.54) is 0 Å². The first-order chi connectivity index (χ1) is 7.93. The molecule has 17 heavy (non-hydrogen) atoms. The molecule has 0 aliphatic heterocycles. The number of nitrogens with one attached hydrogen (secondary N) is 1. The molecule has 1 N–H and O–H groups in total. The smallest absolute Gasteiger partial charge is 0.295 e. The first kappa shape index (κ1) is 14.0. The number of H-pyrrole nitrogens is 1. The van der Waals surface area contributed by atoms with Crippen LogP contribution in [0.1, 0.15) is 39.7 Å². The predicted octanol–water partition coefficient (Wildman–Crippen LogP) is 2.33. The summed E-state index contributed by atoms with van der Waals surface area (Å²) in [6.45, 7) is 5.67. The third kappa shape index (κ3) is 2.60. The first-order valence-electron chi connectivity index (χ1n) is 5.63. The lowest BCUT2D eigenvalue weighted by atomic mass is 9.95. The van der Waals surface area contributed by atoms with Crippen LogP contribution < -0.4 is 11.2 Å². The van der Waals surface area contributed by atoms with E-state index in [2.05, 4.69) is 4.98 Å². The molecule has 1 unspecified atom stereocenters. The minimum Gasteiger partial charge on any atom is -0.295 e. The van der Waals surface area contributed by atoms with Gasteiger partial charge in [0.25, 0.3) is 5.56 Å². The summed E-state index contributed by atoms with van der Waals surface area (Å²) in [5.74, 6) is -0.960. The number of aromatic nitrogens is 2. The van der Waals surface area contributed by atoms with Gasteiger partial charge >= 0.3 is 5.69 Å². The summed E-state index contributed by atoms with van der Waals surface area (Å²) < 4.78 is 14.3. The molecule has 0 bridgehead atoms. The van der Waals surface area contributed by atoms with E-state index in [9.17, 15) is 14.0 Å². The Morgan fingerprint density at radius 3 is 2.35 bits per heavy atom. The summed E-state index contributed by atoms with van der Waals surface area (Å²) in [6, 6.07) is -0.354. The molecule has 0 amide bonds. The lowest BCUT2D eigenvalue weighted by Crippen LogP contribution is -2.41. The van der Waals surface area contributed by atoms with Gasteiger partial charge in [-0.2, -0.15) is 4.39 Å². The largest absolute Gasteiger partial charge is 0.329 e.